The summed E-state index contributed by atoms with van der Waals surface area (Å²) in [6.45, 7) is 0. The molecule has 7 nitrogen and oxygen atoms in total. The van der Waals surface area contributed by atoms with Crippen LogP contribution in [0.25, 0.3) is 0 Å². The second-order valence-corrected chi connectivity index (χ2v) is 4.03. The van der Waals surface area contributed by atoms with Crippen LogP contribution in [-0.4, -0.2) is 21.0 Å². The molecule has 0 aliphatic rings. The van der Waals surface area contributed by atoms with Crippen LogP contribution < -0.4 is 4.74 Å². The zero-order valence-corrected chi connectivity index (χ0v) is 10.6. The number of nitrogens with zero attached hydrogens (tertiary/aromatic N) is 2. The summed E-state index contributed by atoms with van der Waals surface area (Å²) in [4.78, 5) is 24.6. The van der Waals surface area contributed by atoms with Gasteiger partial charge in [-0.25, -0.2) is 9.78 Å². The summed E-state index contributed by atoms with van der Waals surface area (Å²) in [5.74, 6) is -1.05. The minimum Gasteiger partial charge on any atom is -0.476 e. The zero-order chi connectivity index (χ0) is 14.7. The lowest BCUT2D eigenvalue weighted by Gasteiger charge is -2.07. The van der Waals surface area contributed by atoms with Gasteiger partial charge in [0.1, 0.15) is 10.8 Å². The number of halogens is 1. The molecular formula is C12H7ClN2O5. The van der Waals surface area contributed by atoms with Crippen molar-refractivity contribution in [3.05, 3.63) is 57.4 Å². The lowest BCUT2D eigenvalue weighted by atomic mass is 10.3. The van der Waals surface area contributed by atoms with Crippen LogP contribution in [0.1, 0.15) is 10.5 Å². The molecule has 0 fully saturated rings. The lowest BCUT2D eigenvalue weighted by molar-refractivity contribution is -0.384. The smallest absolute Gasteiger partial charge is 0.358 e. The topological polar surface area (TPSA) is 103 Å². The number of carboxylic acid groups (broad SMARTS) is 1. The Hall–Kier alpha value is -2.67. The predicted molar refractivity (Wildman–Crippen MR) is 69.4 cm³/mol. The molecule has 20 heavy (non-hydrogen) atoms. The van der Waals surface area contributed by atoms with Gasteiger partial charge in [-0.15, -0.1) is 0 Å². The number of ether oxygens (including phenoxy) is 1. The molecule has 0 saturated heterocycles. The van der Waals surface area contributed by atoms with Crippen molar-refractivity contribution >= 4 is 23.3 Å². The van der Waals surface area contributed by atoms with E-state index in [2.05, 4.69) is 4.98 Å². The number of benzene rings is 1. The molecule has 2 rings (SSSR count). The number of carbonyl (C=O) groups is 1. The highest BCUT2D eigenvalue weighted by Crippen LogP contribution is 2.31. The van der Waals surface area contributed by atoms with Crippen LogP contribution in [-0.2, 0) is 0 Å². The van der Waals surface area contributed by atoms with Gasteiger partial charge in [-0.1, -0.05) is 11.6 Å². The standard InChI is InChI=1S/C12H7ClN2O5/c13-8-6-7(3-4-9(8)15(18)19)20-10-2-1-5-14-11(10)12(16)17/h1-6H,(H,16,17). The second-order valence-electron chi connectivity index (χ2n) is 3.63. The summed E-state index contributed by atoms with van der Waals surface area (Å²) in [6.07, 6.45) is 1.32. The van der Waals surface area contributed by atoms with Crippen molar-refractivity contribution in [3.8, 4) is 11.5 Å². The third-order valence-corrected chi connectivity index (χ3v) is 2.62. The van der Waals surface area contributed by atoms with Crippen molar-refractivity contribution in [2.24, 2.45) is 0 Å². The molecule has 0 radical (unpaired) electrons. The Kier molecular flexibility index (Phi) is 3.81. The Labute approximate surface area is 117 Å². The first-order valence-corrected chi connectivity index (χ1v) is 5.67. The first kappa shape index (κ1) is 13.8. The largest absolute Gasteiger partial charge is 0.476 e. The van der Waals surface area contributed by atoms with Gasteiger partial charge in [0.05, 0.1) is 4.92 Å². The molecule has 1 aromatic heterocycles. The summed E-state index contributed by atoms with van der Waals surface area (Å²) >= 11 is 5.74. The molecule has 0 atom stereocenters. The second kappa shape index (κ2) is 5.54. The molecule has 0 bridgehead atoms. The number of nitro groups is 1. The van der Waals surface area contributed by atoms with Crippen LogP contribution in [0.15, 0.2) is 36.5 Å². The number of aromatic carboxylic acids is 1. The van der Waals surface area contributed by atoms with Crippen LogP contribution in [0.2, 0.25) is 5.02 Å². The van der Waals surface area contributed by atoms with Gasteiger partial charge in [-0.05, 0) is 18.2 Å². The molecule has 0 saturated carbocycles. The number of pyridine rings is 1. The van der Waals surface area contributed by atoms with Gasteiger partial charge in [0.2, 0.25) is 0 Å². The van der Waals surface area contributed by atoms with Crippen LogP contribution in [0.3, 0.4) is 0 Å². The number of nitro benzene ring substituents is 1. The number of hydrogen-bond donors (Lipinski definition) is 1. The minimum absolute atomic E-state index is 0.0184. The van der Waals surface area contributed by atoms with Gasteiger partial charge >= 0.3 is 5.97 Å². The minimum atomic E-state index is -1.24. The maximum Gasteiger partial charge on any atom is 0.358 e. The van der Waals surface area contributed by atoms with Gasteiger partial charge in [0.15, 0.2) is 11.4 Å². The Morgan fingerprint density at radius 2 is 2.15 bits per heavy atom. The molecular weight excluding hydrogens is 288 g/mol. The van der Waals surface area contributed by atoms with Crippen molar-refractivity contribution in [3.63, 3.8) is 0 Å². The molecule has 0 aliphatic heterocycles. The molecule has 1 heterocycles. The van der Waals surface area contributed by atoms with E-state index in [0.717, 1.165) is 0 Å². The Morgan fingerprint density at radius 3 is 2.75 bits per heavy atom. The van der Waals surface area contributed by atoms with E-state index >= 15 is 0 Å². The molecule has 0 aliphatic carbocycles. The van der Waals surface area contributed by atoms with Crippen LogP contribution in [0, 0.1) is 10.1 Å². The van der Waals surface area contributed by atoms with Crippen molar-refractivity contribution in [1.29, 1.82) is 0 Å². The molecule has 0 unspecified atom stereocenters. The van der Waals surface area contributed by atoms with Crippen LogP contribution >= 0.6 is 11.6 Å². The monoisotopic (exact) mass is 294 g/mol. The van der Waals surface area contributed by atoms with E-state index in [0.29, 0.717) is 0 Å². The Bertz CT molecular complexity index is 689. The summed E-state index contributed by atoms with van der Waals surface area (Å²) in [5.41, 5.74) is -0.523. The van der Waals surface area contributed by atoms with E-state index in [1.165, 1.54) is 36.5 Å². The maximum absolute atomic E-state index is 11.0. The van der Waals surface area contributed by atoms with E-state index in [1.54, 1.807) is 0 Å². The van der Waals surface area contributed by atoms with Crippen LogP contribution in [0.5, 0.6) is 11.5 Å². The summed E-state index contributed by atoms with van der Waals surface area (Å²) < 4.78 is 5.34. The fourth-order valence-electron chi connectivity index (χ4n) is 1.46. The van der Waals surface area contributed by atoms with Crippen molar-refractivity contribution < 1.29 is 19.6 Å². The van der Waals surface area contributed by atoms with Gasteiger partial charge in [0.25, 0.3) is 5.69 Å². The summed E-state index contributed by atoms with van der Waals surface area (Å²) in [5, 5.41) is 19.5. The zero-order valence-electron chi connectivity index (χ0n) is 9.82. The Morgan fingerprint density at radius 1 is 1.40 bits per heavy atom. The van der Waals surface area contributed by atoms with Gasteiger partial charge < -0.3 is 9.84 Å². The van der Waals surface area contributed by atoms with Crippen molar-refractivity contribution in [2.75, 3.05) is 0 Å². The number of carboxylic acids is 1. The number of hydrogen-bond acceptors (Lipinski definition) is 5. The fraction of sp³-hybridized carbons (Fsp3) is 0. The lowest BCUT2D eigenvalue weighted by Crippen LogP contribution is -2.02. The maximum atomic E-state index is 11.0. The quantitative estimate of drug-likeness (QED) is 0.686. The molecule has 1 N–H and O–H groups in total. The molecule has 0 amide bonds. The van der Waals surface area contributed by atoms with Gasteiger partial charge in [-0.3, -0.25) is 10.1 Å². The van der Waals surface area contributed by atoms with E-state index in [9.17, 15) is 14.9 Å². The highest BCUT2D eigenvalue weighted by Gasteiger charge is 2.16. The van der Waals surface area contributed by atoms with Crippen molar-refractivity contribution in [1.82, 2.24) is 4.98 Å². The number of rotatable bonds is 4. The van der Waals surface area contributed by atoms with E-state index in [1.807, 2.05) is 0 Å². The first-order chi connectivity index (χ1) is 9.49. The van der Waals surface area contributed by atoms with Gasteiger partial charge in [0, 0.05) is 18.3 Å². The van der Waals surface area contributed by atoms with E-state index < -0.39 is 10.9 Å². The SMILES string of the molecule is O=C(O)c1ncccc1Oc1ccc([N+](=O)[O-])c(Cl)c1. The third-order valence-electron chi connectivity index (χ3n) is 2.32. The average Bonchev–Trinajstić information content (AvgIpc) is 2.38. The Balaban J connectivity index is 2.34. The fourth-order valence-corrected chi connectivity index (χ4v) is 1.70. The highest BCUT2D eigenvalue weighted by molar-refractivity contribution is 6.32. The van der Waals surface area contributed by atoms with Crippen LogP contribution in [0.4, 0.5) is 5.69 Å². The molecule has 0 spiro atoms. The molecule has 2 aromatic rings. The summed E-state index contributed by atoms with van der Waals surface area (Å²) in [7, 11) is 0. The summed E-state index contributed by atoms with van der Waals surface area (Å²) in [6, 6.07) is 6.66. The van der Waals surface area contributed by atoms with Gasteiger partial charge in [-0.2, -0.15) is 0 Å². The first-order valence-electron chi connectivity index (χ1n) is 5.29. The van der Waals surface area contributed by atoms with Crippen molar-refractivity contribution in [2.45, 2.75) is 0 Å². The average molecular weight is 295 g/mol. The highest BCUT2D eigenvalue weighted by atomic mass is 35.5. The predicted octanol–water partition coefficient (Wildman–Crippen LogP) is 3.13. The van der Waals surface area contributed by atoms with E-state index in [4.69, 9.17) is 21.4 Å². The normalized spacial score (nSPS) is 10.1. The molecule has 8 heteroatoms. The number of aromatic nitrogens is 1. The molecule has 102 valence electrons. The van der Waals surface area contributed by atoms with E-state index in [-0.39, 0.29) is 27.9 Å². The third kappa shape index (κ3) is 2.83. The molecule has 1 aromatic carbocycles.